The normalized spacial score (nSPS) is 10.9. The third kappa shape index (κ3) is 2.60. The van der Waals surface area contributed by atoms with Crippen molar-refractivity contribution in [3.63, 3.8) is 0 Å². The third-order valence-corrected chi connectivity index (χ3v) is 2.43. The fourth-order valence-electron chi connectivity index (χ4n) is 1.44. The largest absolute Gasteiger partial charge is 0.508 e. The second-order valence-electron chi connectivity index (χ2n) is 3.81. The van der Waals surface area contributed by atoms with Crippen LogP contribution in [0.3, 0.4) is 0 Å². The van der Waals surface area contributed by atoms with Crippen molar-refractivity contribution >= 4 is 11.9 Å². The third-order valence-electron chi connectivity index (χ3n) is 2.43. The highest BCUT2D eigenvalue weighted by atomic mass is 16.3. The number of hydrogen-bond donors (Lipinski definition) is 3. The van der Waals surface area contributed by atoms with Gasteiger partial charge in [0.15, 0.2) is 0 Å². The molecule has 0 fully saturated rings. The average Bonchev–Trinajstić information content (AvgIpc) is 2.34. The van der Waals surface area contributed by atoms with Crippen LogP contribution >= 0.6 is 0 Å². The predicted octanol–water partition coefficient (Wildman–Crippen LogP) is 2.74. The minimum absolute atomic E-state index is 0.0326. The summed E-state index contributed by atoms with van der Waals surface area (Å²) in [7, 11) is 0. The van der Waals surface area contributed by atoms with E-state index in [2.05, 4.69) is 11.9 Å². The van der Waals surface area contributed by atoms with Gasteiger partial charge in [0, 0.05) is 11.8 Å². The van der Waals surface area contributed by atoms with E-state index in [1.807, 2.05) is 0 Å². The average molecular weight is 242 g/mol. The van der Waals surface area contributed by atoms with E-state index in [9.17, 15) is 15.3 Å². The molecule has 0 atom stereocenters. The molecule has 2 aromatic rings. The summed E-state index contributed by atoms with van der Waals surface area (Å²) in [5.41, 5.74) is 1.49. The summed E-state index contributed by atoms with van der Waals surface area (Å²) in [4.78, 5) is 4.13. The molecule has 0 heterocycles. The lowest BCUT2D eigenvalue weighted by Crippen LogP contribution is -1.82. The lowest BCUT2D eigenvalue weighted by molar-refractivity contribution is 0.459. The van der Waals surface area contributed by atoms with Crippen LogP contribution in [0.4, 0.5) is 5.69 Å². The topological polar surface area (TPSA) is 73.1 Å². The van der Waals surface area contributed by atoms with Gasteiger partial charge < -0.3 is 15.3 Å². The number of benzene rings is 2. The van der Waals surface area contributed by atoms with Crippen molar-refractivity contribution in [2.75, 3.05) is 0 Å². The second-order valence-corrected chi connectivity index (χ2v) is 3.81. The van der Waals surface area contributed by atoms with E-state index in [-0.39, 0.29) is 17.2 Å². The number of aliphatic imine (C=N–C) groups is 1. The molecule has 0 amide bonds. The van der Waals surface area contributed by atoms with Gasteiger partial charge in [0.1, 0.15) is 17.2 Å². The first-order valence-corrected chi connectivity index (χ1v) is 5.27. The summed E-state index contributed by atoms with van der Waals surface area (Å²) in [5, 5.41) is 28.2. The van der Waals surface area contributed by atoms with Gasteiger partial charge in [-0.05, 0) is 48.9 Å². The molecule has 3 N–H and O–H groups in total. The first-order chi connectivity index (χ1) is 8.56. The van der Waals surface area contributed by atoms with E-state index in [4.69, 9.17) is 0 Å². The zero-order valence-electron chi connectivity index (χ0n) is 9.54. The van der Waals surface area contributed by atoms with E-state index in [1.165, 1.54) is 30.5 Å². The summed E-state index contributed by atoms with van der Waals surface area (Å²) in [6.45, 7) is 3.65. The fraction of sp³-hybridized carbons (Fsp3) is 0. The summed E-state index contributed by atoms with van der Waals surface area (Å²) in [5.74, 6) is 0.192. The maximum atomic E-state index is 9.56. The van der Waals surface area contributed by atoms with Crippen LogP contribution in [0.1, 0.15) is 11.1 Å². The van der Waals surface area contributed by atoms with Crippen molar-refractivity contribution < 1.29 is 15.3 Å². The van der Waals surface area contributed by atoms with Crippen LogP contribution in [0.15, 0.2) is 41.4 Å². The number of hydrogen-bond acceptors (Lipinski definition) is 4. The Kier molecular flexibility index (Phi) is 3.19. The molecule has 0 aliphatic carbocycles. The van der Waals surface area contributed by atoms with Gasteiger partial charge in [-0.15, -0.1) is 0 Å². The van der Waals surface area contributed by atoms with E-state index in [0.717, 1.165) is 0 Å². The van der Waals surface area contributed by atoms with Gasteiger partial charge in [-0.25, -0.2) is 0 Å². The van der Waals surface area contributed by atoms with Crippen molar-refractivity contribution in [1.82, 2.24) is 0 Å². The molecule has 0 unspecified atom stereocenters. The first-order valence-electron chi connectivity index (χ1n) is 5.27. The van der Waals surface area contributed by atoms with Gasteiger partial charge in [0.25, 0.3) is 0 Å². The van der Waals surface area contributed by atoms with E-state index in [0.29, 0.717) is 16.8 Å². The molecule has 4 nitrogen and oxygen atoms in total. The van der Waals surface area contributed by atoms with Crippen LogP contribution in [-0.4, -0.2) is 21.5 Å². The fourth-order valence-corrected chi connectivity index (χ4v) is 1.44. The van der Waals surface area contributed by atoms with Gasteiger partial charge >= 0.3 is 0 Å². The molecule has 0 aliphatic heterocycles. The smallest absolute Gasteiger partial charge is 0.124 e. The summed E-state index contributed by atoms with van der Waals surface area (Å²) in [6, 6.07) is 8.93. The zero-order chi connectivity index (χ0) is 13.1. The quantitative estimate of drug-likeness (QED) is 0.560. The first kappa shape index (κ1) is 12.0. The molecule has 0 spiro atoms. The van der Waals surface area contributed by atoms with Crippen molar-refractivity contribution in [2.24, 2.45) is 4.99 Å². The van der Waals surface area contributed by atoms with Crippen LogP contribution in [-0.2, 0) is 0 Å². The Balaban J connectivity index is 2.29. The molecule has 2 aromatic carbocycles. The molecule has 0 saturated carbocycles. The summed E-state index contributed by atoms with van der Waals surface area (Å²) in [6.07, 6.45) is 1.43. The molecular weight excluding hydrogens is 230 g/mol. The van der Waals surface area contributed by atoms with E-state index in [1.54, 1.807) is 12.1 Å². The number of nitrogens with zero attached hydrogens (tertiary/aromatic N) is 1. The Morgan fingerprint density at radius 1 is 0.944 bits per heavy atom. The van der Waals surface area contributed by atoms with Gasteiger partial charge in [0.05, 0.1) is 5.69 Å². The number of rotatable bonds is 2. The van der Waals surface area contributed by atoms with Crippen LogP contribution in [0, 0.1) is 6.92 Å². The highest BCUT2D eigenvalue weighted by Gasteiger charge is 2.00. The molecule has 0 aromatic heterocycles. The molecule has 18 heavy (non-hydrogen) atoms. The van der Waals surface area contributed by atoms with E-state index >= 15 is 0 Å². The molecule has 0 saturated heterocycles. The predicted molar refractivity (Wildman–Crippen MR) is 69.6 cm³/mol. The number of aromatic hydroxyl groups is 3. The van der Waals surface area contributed by atoms with Crippen LogP contribution in [0.2, 0.25) is 0 Å². The molecule has 1 radical (unpaired) electrons. The molecule has 91 valence electrons. The maximum absolute atomic E-state index is 9.56. The highest BCUT2D eigenvalue weighted by Crippen LogP contribution is 2.24. The summed E-state index contributed by atoms with van der Waals surface area (Å²) < 4.78 is 0. The minimum atomic E-state index is 0.0326. The molecule has 4 heteroatoms. The van der Waals surface area contributed by atoms with Crippen LogP contribution in [0.5, 0.6) is 17.2 Å². The van der Waals surface area contributed by atoms with Gasteiger partial charge in [0.2, 0.25) is 0 Å². The standard InChI is InChI=1S/C14H12NO3/c1-9-6-11(2-4-13(9)17)15-8-10-7-12(16)3-5-14(10)18/h2-8,16-18H,1H2. The van der Waals surface area contributed by atoms with Crippen molar-refractivity contribution in [3.8, 4) is 17.2 Å². The Bertz CT molecular complexity index is 606. The Morgan fingerprint density at radius 2 is 1.67 bits per heavy atom. The molecule has 0 bridgehead atoms. The number of phenolic OH excluding ortho intramolecular Hbond substituents is 3. The van der Waals surface area contributed by atoms with Gasteiger partial charge in [-0.1, -0.05) is 0 Å². The maximum Gasteiger partial charge on any atom is 0.124 e. The van der Waals surface area contributed by atoms with E-state index < -0.39 is 0 Å². The molecular formula is C14H12NO3. The van der Waals surface area contributed by atoms with Gasteiger partial charge in [-0.3, -0.25) is 4.99 Å². The lowest BCUT2D eigenvalue weighted by atomic mass is 10.2. The lowest BCUT2D eigenvalue weighted by Gasteiger charge is -2.01. The monoisotopic (exact) mass is 242 g/mol. The highest BCUT2D eigenvalue weighted by molar-refractivity contribution is 5.86. The van der Waals surface area contributed by atoms with Crippen molar-refractivity contribution in [3.05, 3.63) is 54.4 Å². The van der Waals surface area contributed by atoms with Crippen LogP contribution in [0.25, 0.3) is 0 Å². The Morgan fingerprint density at radius 3 is 2.39 bits per heavy atom. The van der Waals surface area contributed by atoms with Crippen LogP contribution < -0.4 is 0 Å². The Labute approximate surface area is 104 Å². The molecule has 2 rings (SSSR count). The Hall–Kier alpha value is -2.49. The molecule has 0 aliphatic rings. The number of phenols is 3. The van der Waals surface area contributed by atoms with Crippen molar-refractivity contribution in [2.45, 2.75) is 0 Å². The van der Waals surface area contributed by atoms with Crippen molar-refractivity contribution in [1.29, 1.82) is 0 Å². The summed E-state index contributed by atoms with van der Waals surface area (Å²) >= 11 is 0. The SMILES string of the molecule is [CH2]c1cc(N=Cc2cc(O)ccc2O)ccc1O. The zero-order valence-corrected chi connectivity index (χ0v) is 9.54. The van der Waals surface area contributed by atoms with Gasteiger partial charge in [-0.2, -0.15) is 0 Å². The second kappa shape index (κ2) is 4.79. The minimum Gasteiger partial charge on any atom is -0.508 e.